The summed E-state index contributed by atoms with van der Waals surface area (Å²) in [6.45, 7) is 2.88. The number of piperidine rings is 1. The van der Waals surface area contributed by atoms with Crippen molar-refractivity contribution in [2.45, 2.75) is 26.0 Å². The normalized spacial score (nSPS) is 18.3. The van der Waals surface area contributed by atoms with Crippen LogP contribution < -0.4 is 15.5 Å². The minimum absolute atomic E-state index is 0.234. The van der Waals surface area contributed by atoms with Crippen LogP contribution in [0.1, 0.15) is 28.0 Å². The third kappa shape index (κ3) is 5.93. The number of hydrogen-bond donors (Lipinski definition) is 3. The summed E-state index contributed by atoms with van der Waals surface area (Å²) in [5, 5.41) is 13.0. The maximum atomic E-state index is 12.9. The molecule has 2 atom stereocenters. The van der Waals surface area contributed by atoms with Crippen LogP contribution in [0.5, 0.6) is 5.75 Å². The molecule has 35 heavy (non-hydrogen) atoms. The van der Waals surface area contributed by atoms with Crippen molar-refractivity contribution in [3.8, 4) is 5.75 Å². The first-order chi connectivity index (χ1) is 17.0. The van der Waals surface area contributed by atoms with Crippen molar-refractivity contribution in [2.24, 2.45) is 5.92 Å². The fourth-order valence-electron chi connectivity index (χ4n) is 4.51. The van der Waals surface area contributed by atoms with Gasteiger partial charge in [-0.25, -0.2) is 9.87 Å². The maximum Gasteiger partial charge on any atom is 0.251 e. The van der Waals surface area contributed by atoms with Gasteiger partial charge in [0, 0.05) is 35.3 Å². The molecule has 3 N–H and O–H groups in total. The number of amides is 2. The van der Waals surface area contributed by atoms with Crippen molar-refractivity contribution >= 4 is 22.7 Å². The largest absolute Gasteiger partial charge is 0.489 e. The van der Waals surface area contributed by atoms with Gasteiger partial charge in [0.15, 0.2) is 0 Å². The number of carbonyl (C=O) groups is 2. The molecule has 2 aromatic carbocycles. The zero-order valence-electron chi connectivity index (χ0n) is 19.5. The molecule has 1 aliphatic rings. The number of rotatable bonds is 8. The number of nitrogens with one attached hydrogen (secondary N) is 2. The molecule has 184 valence electrons. The minimum atomic E-state index is -0.596. The second-order valence-electron chi connectivity index (χ2n) is 8.69. The number of carbonyl (C=O) groups excluding carboxylic acids is 2. The predicted molar refractivity (Wildman–Crippen MR) is 129 cm³/mol. The van der Waals surface area contributed by atoms with Crippen LogP contribution in [0.25, 0.3) is 10.9 Å². The Morgan fingerprint density at radius 1 is 1.20 bits per heavy atom. The molecule has 0 aliphatic carbocycles. The molecule has 8 nitrogen and oxygen atoms in total. The molecule has 0 spiro atoms. The zero-order valence-corrected chi connectivity index (χ0v) is 19.5. The highest BCUT2D eigenvalue weighted by Crippen LogP contribution is 2.22. The molecule has 4 rings (SSSR count). The number of aromatic nitrogens is 1. The Kier molecular flexibility index (Phi) is 7.89. The Balaban J connectivity index is 1.41. The lowest BCUT2D eigenvalue weighted by molar-refractivity contribution is -0.135. The summed E-state index contributed by atoms with van der Waals surface area (Å²) in [5.41, 5.74) is 4.94. The molecule has 1 aliphatic heterocycles. The third-order valence-corrected chi connectivity index (χ3v) is 6.30. The first kappa shape index (κ1) is 24.6. The quantitative estimate of drug-likeness (QED) is 0.338. The van der Waals surface area contributed by atoms with Gasteiger partial charge in [0.25, 0.3) is 5.91 Å². The summed E-state index contributed by atoms with van der Waals surface area (Å²) in [6, 6.07) is 16.1. The van der Waals surface area contributed by atoms with E-state index in [9.17, 15) is 14.0 Å². The molecule has 1 fully saturated rings. The van der Waals surface area contributed by atoms with Crippen LogP contribution in [0.4, 0.5) is 4.39 Å². The van der Waals surface area contributed by atoms with Crippen LogP contribution in [0.2, 0.25) is 0 Å². The van der Waals surface area contributed by atoms with E-state index in [2.05, 4.69) is 10.3 Å². The number of benzene rings is 2. The van der Waals surface area contributed by atoms with Crippen molar-refractivity contribution < 1.29 is 23.9 Å². The first-order valence-electron chi connectivity index (χ1n) is 11.6. The van der Waals surface area contributed by atoms with E-state index in [1.54, 1.807) is 29.7 Å². The van der Waals surface area contributed by atoms with Gasteiger partial charge in [0.2, 0.25) is 5.91 Å². The van der Waals surface area contributed by atoms with Gasteiger partial charge in [-0.1, -0.05) is 18.2 Å². The molecule has 0 radical (unpaired) electrons. The second kappa shape index (κ2) is 11.2. The third-order valence-electron chi connectivity index (χ3n) is 6.30. The molecule has 9 heteroatoms. The number of hydroxylamine groups is 1. The lowest BCUT2D eigenvalue weighted by Crippen LogP contribution is -2.56. The van der Waals surface area contributed by atoms with E-state index in [-0.39, 0.29) is 12.5 Å². The van der Waals surface area contributed by atoms with E-state index in [0.29, 0.717) is 37.4 Å². The highest BCUT2D eigenvalue weighted by Gasteiger charge is 2.35. The van der Waals surface area contributed by atoms with Gasteiger partial charge in [0.05, 0.1) is 17.5 Å². The topological polar surface area (TPSA) is 104 Å². The molecular formula is C26H29FN4O4. The van der Waals surface area contributed by atoms with E-state index in [4.69, 9.17) is 9.94 Å². The van der Waals surface area contributed by atoms with Gasteiger partial charge < -0.3 is 10.1 Å². The number of pyridine rings is 1. The minimum Gasteiger partial charge on any atom is -0.489 e. The maximum absolute atomic E-state index is 12.9. The zero-order chi connectivity index (χ0) is 24.8. The summed E-state index contributed by atoms with van der Waals surface area (Å²) >= 11 is 0. The van der Waals surface area contributed by atoms with Gasteiger partial charge in [0.1, 0.15) is 19.0 Å². The fourth-order valence-corrected chi connectivity index (χ4v) is 4.51. The Morgan fingerprint density at radius 3 is 2.71 bits per heavy atom. The molecule has 0 unspecified atom stereocenters. The molecule has 3 aromatic rings. The van der Waals surface area contributed by atoms with E-state index in [0.717, 1.165) is 22.2 Å². The van der Waals surface area contributed by atoms with Crippen LogP contribution in [0.3, 0.4) is 0 Å². The fraction of sp³-hybridized carbons (Fsp3) is 0.346. The molecule has 0 saturated carbocycles. The summed E-state index contributed by atoms with van der Waals surface area (Å²) < 4.78 is 18.8. The number of nitrogens with zero attached hydrogens (tertiary/aromatic N) is 2. The summed E-state index contributed by atoms with van der Waals surface area (Å²) in [7, 11) is 0. The van der Waals surface area contributed by atoms with E-state index < -0.39 is 24.5 Å². The Bertz CT molecular complexity index is 1190. The molecule has 1 aromatic heterocycles. The number of alkyl halides is 1. The highest BCUT2D eigenvalue weighted by molar-refractivity contribution is 5.95. The van der Waals surface area contributed by atoms with E-state index >= 15 is 0 Å². The van der Waals surface area contributed by atoms with E-state index in [1.807, 2.05) is 42.2 Å². The molecule has 0 bridgehead atoms. The lowest BCUT2D eigenvalue weighted by atomic mass is 9.90. The summed E-state index contributed by atoms with van der Waals surface area (Å²) in [5.74, 6) is -0.890. The summed E-state index contributed by atoms with van der Waals surface area (Å²) in [4.78, 5) is 31.3. The van der Waals surface area contributed by atoms with Crippen molar-refractivity contribution in [3.63, 3.8) is 0 Å². The van der Waals surface area contributed by atoms with Crippen molar-refractivity contribution in [1.29, 1.82) is 0 Å². The monoisotopic (exact) mass is 480 g/mol. The second-order valence-corrected chi connectivity index (χ2v) is 8.69. The van der Waals surface area contributed by atoms with Crippen LogP contribution in [-0.4, -0.2) is 59.3 Å². The predicted octanol–water partition coefficient (Wildman–Crippen LogP) is 3.02. The molecule has 2 heterocycles. The number of aryl methyl sites for hydroxylation is 1. The number of ether oxygens (including phenoxy) is 1. The van der Waals surface area contributed by atoms with Crippen LogP contribution in [-0.2, 0) is 11.4 Å². The number of para-hydroxylation sites is 1. The van der Waals surface area contributed by atoms with Gasteiger partial charge in [-0.05, 0) is 56.3 Å². The SMILES string of the molecule is Cc1cc(COc2ccc(C(=O)N[C@@H]3CN(CCF)CC[C@@H]3C(=O)NO)cc2)c2ccccc2n1. The number of halogens is 1. The van der Waals surface area contributed by atoms with Crippen molar-refractivity contribution in [2.75, 3.05) is 26.3 Å². The highest BCUT2D eigenvalue weighted by atomic mass is 19.1. The molecular weight excluding hydrogens is 451 g/mol. The Hall–Kier alpha value is -3.56. The van der Waals surface area contributed by atoms with Crippen molar-refractivity contribution in [1.82, 2.24) is 20.7 Å². The number of fused-ring (bicyclic) bond motifs is 1. The summed E-state index contributed by atoms with van der Waals surface area (Å²) in [6.07, 6.45) is 0.410. The first-order valence-corrected chi connectivity index (χ1v) is 11.6. The van der Waals surface area contributed by atoms with Gasteiger partial charge in [-0.3, -0.25) is 24.7 Å². The standard InChI is InChI=1S/C26H29FN4O4/c1-17-14-19(21-4-2-3-5-23(21)28-17)16-35-20-8-6-18(7-9-20)25(32)29-24-15-31(13-11-27)12-10-22(24)26(33)30-34/h2-9,14,22,24,34H,10-13,15-16H2,1H3,(H,29,32)(H,30,33)/t22-,24+/m0/s1. The molecule has 2 amide bonds. The Morgan fingerprint density at radius 2 is 1.97 bits per heavy atom. The van der Waals surface area contributed by atoms with Gasteiger partial charge in [-0.2, -0.15) is 0 Å². The lowest BCUT2D eigenvalue weighted by Gasteiger charge is -2.37. The van der Waals surface area contributed by atoms with E-state index in [1.165, 1.54) is 0 Å². The van der Waals surface area contributed by atoms with Crippen LogP contribution >= 0.6 is 0 Å². The average molecular weight is 481 g/mol. The van der Waals surface area contributed by atoms with Crippen molar-refractivity contribution in [3.05, 3.63) is 71.4 Å². The van der Waals surface area contributed by atoms with Gasteiger partial charge in [-0.15, -0.1) is 0 Å². The number of likely N-dealkylation sites (tertiary alicyclic amines) is 1. The Labute approximate surface area is 203 Å². The van der Waals surface area contributed by atoms with Crippen LogP contribution in [0, 0.1) is 12.8 Å². The smallest absolute Gasteiger partial charge is 0.251 e. The number of hydrogen-bond acceptors (Lipinski definition) is 6. The van der Waals surface area contributed by atoms with Gasteiger partial charge >= 0.3 is 0 Å². The average Bonchev–Trinajstić information content (AvgIpc) is 2.87. The van der Waals surface area contributed by atoms with Crippen LogP contribution in [0.15, 0.2) is 54.6 Å². The molecule has 1 saturated heterocycles.